The molecule has 0 atom stereocenters. The van der Waals surface area contributed by atoms with Crippen molar-refractivity contribution in [3.05, 3.63) is 134 Å². The van der Waals surface area contributed by atoms with Crippen LogP contribution in [-0.2, 0) is 20.4 Å². The van der Waals surface area contributed by atoms with E-state index in [0.717, 1.165) is 49.6 Å². The van der Waals surface area contributed by atoms with Gasteiger partial charge in [0.1, 0.15) is 13.7 Å². The van der Waals surface area contributed by atoms with Crippen LogP contribution in [0.15, 0.2) is 132 Å². The van der Waals surface area contributed by atoms with Gasteiger partial charge >= 0.3 is 20.4 Å². The first kappa shape index (κ1) is 29.4. The first-order valence-electron chi connectivity index (χ1n) is 15.7. The average molecular weight is 745 g/mol. The van der Waals surface area contributed by atoms with Crippen LogP contribution in [0.2, 0.25) is 13.1 Å². The van der Waals surface area contributed by atoms with E-state index >= 15 is 0 Å². The van der Waals surface area contributed by atoms with Crippen molar-refractivity contribution in [1.82, 2.24) is 18.9 Å². The van der Waals surface area contributed by atoms with Crippen molar-refractivity contribution >= 4 is 79.5 Å². The van der Waals surface area contributed by atoms with Crippen LogP contribution in [0.25, 0.3) is 54.9 Å². The minimum atomic E-state index is -1.89. The summed E-state index contributed by atoms with van der Waals surface area (Å²) in [7, 11) is -1.89. The standard InChI is InChI=1S/C40H26N4OSSi.Pd/c1-47(2)37-15-6-5-14-35(37)46-36-24-34-31(23-38(36)47)30-12-8-18-41-40(30)44(34)25-9-7-10-26(21-25)45-27-16-17-28-29-11-3-4-13-33(29)43-20-19-42-39(43)32(28)22-27;/h3-20,23-24H,1-2H3;/q-2;+2. The van der Waals surface area contributed by atoms with Gasteiger partial charge in [-0.3, -0.25) is 4.98 Å². The van der Waals surface area contributed by atoms with E-state index in [9.17, 15) is 0 Å². The number of hydrogen-bond acceptors (Lipinski definition) is 4. The maximum absolute atomic E-state index is 6.46. The molecule has 0 radical (unpaired) electrons. The molecular weight excluding hydrogens is 719 g/mol. The zero-order chi connectivity index (χ0) is 31.3. The van der Waals surface area contributed by atoms with E-state index < -0.39 is 8.07 Å². The maximum Gasteiger partial charge on any atom is 2.00 e. The second kappa shape index (κ2) is 10.9. The molecule has 0 fully saturated rings. The number of ether oxygens (including phenoxy) is 1. The van der Waals surface area contributed by atoms with Gasteiger partial charge in [-0.1, -0.05) is 89.8 Å². The molecule has 1 aliphatic rings. The van der Waals surface area contributed by atoms with Crippen LogP contribution in [0.1, 0.15) is 0 Å². The summed E-state index contributed by atoms with van der Waals surface area (Å²) in [6, 6.07) is 43.5. The van der Waals surface area contributed by atoms with Crippen molar-refractivity contribution in [1.29, 1.82) is 0 Å². The van der Waals surface area contributed by atoms with Gasteiger partial charge in [-0.05, 0) is 46.1 Å². The number of hydrogen-bond donors (Lipinski definition) is 0. The van der Waals surface area contributed by atoms with E-state index in [1.54, 1.807) is 0 Å². The van der Waals surface area contributed by atoms with Crippen LogP contribution in [0.5, 0.6) is 11.5 Å². The third-order valence-corrected chi connectivity index (χ3v) is 14.6. The molecule has 4 aromatic heterocycles. The van der Waals surface area contributed by atoms with Crippen LogP contribution in [0.4, 0.5) is 0 Å². The molecule has 0 saturated heterocycles. The molecule has 0 bridgehead atoms. The molecule has 8 heteroatoms. The molecular formula is C40H26N4OPdSSi. The Morgan fingerprint density at radius 2 is 1.46 bits per heavy atom. The first-order chi connectivity index (χ1) is 23.0. The van der Waals surface area contributed by atoms with Crippen LogP contribution in [-0.4, -0.2) is 27.0 Å². The molecule has 0 aliphatic carbocycles. The summed E-state index contributed by atoms with van der Waals surface area (Å²) in [5.41, 5.74) is 4.87. The van der Waals surface area contributed by atoms with Gasteiger partial charge in [0.25, 0.3) is 0 Å². The van der Waals surface area contributed by atoms with E-state index in [1.807, 2.05) is 54.6 Å². The minimum absolute atomic E-state index is 0. The summed E-state index contributed by atoms with van der Waals surface area (Å²) < 4.78 is 10.8. The summed E-state index contributed by atoms with van der Waals surface area (Å²) in [5, 5.41) is 8.49. The van der Waals surface area contributed by atoms with Crippen LogP contribution >= 0.6 is 11.8 Å². The number of imidazole rings is 1. The fraction of sp³-hybridized carbons (Fsp3) is 0.0500. The molecule has 5 nitrogen and oxygen atoms in total. The predicted octanol–water partition coefficient (Wildman–Crippen LogP) is 8.81. The third kappa shape index (κ3) is 4.27. The van der Waals surface area contributed by atoms with Crippen molar-refractivity contribution in [2.45, 2.75) is 22.9 Å². The molecule has 10 rings (SSSR count). The fourth-order valence-corrected chi connectivity index (χ4v) is 12.7. The zero-order valence-corrected chi connectivity index (χ0v) is 29.3. The molecule has 48 heavy (non-hydrogen) atoms. The third-order valence-electron chi connectivity index (χ3n) is 9.53. The Bertz CT molecular complexity index is 2750. The largest absolute Gasteiger partial charge is 2.00 e. The zero-order valence-electron chi connectivity index (χ0n) is 26.0. The van der Waals surface area contributed by atoms with E-state index in [1.165, 1.54) is 25.6 Å². The smallest absolute Gasteiger partial charge is 0.503 e. The molecule has 5 heterocycles. The van der Waals surface area contributed by atoms with E-state index in [2.05, 4.69) is 118 Å². The molecule has 0 unspecified atom stereocenters. The normalized spacial score (nSPS) is 13.5. The Hall–Kier alpha value is -4.71. The van der Waals surface area contributed by atoms with Crippen molar-refractivity contribution in [3.8, 4) is 17.2 Å². The van der Waals surface area contributed by atoms with E-state index in [-0.39, 0.29) is 20.4 Å². The summed E-state index contributed by atoms with van der Waals surface area (Å²) >= 11 is 1.88. The average Bonchev–Trinajstić information content (AvgIpc) is 3.72. The number of nitrogens with zero attached hydrogens (tertiary/aromatic N) is 4. The van der Waals surface area contributed by atoms with Gasteiger partial charge in [0.2, 0.25) is 0 Å². The number of pyridine rings is 2. The van der Waals surface area contributed by atoms with Crippen molar-refractivity contribution in [2.75, 3.05) is 0 Å². The number of fused-ring (bicyclic) bond motifs is 11. The Labute approximate surface area is 295 Å². The maximum atomic E-state index is 6.46. The van der Waals surface area contributed by atoms with E-state index in [0.29, 0.717) is 11.5 Å². The van der Waals surface area contributed by atoms with Gasteiger partial charge in [-0.2, -0.15) is 6.07 Å². The summed E-state index contributed by atoms with van der Waals surface area (Å²) in [6.07, 6.45) is 5.69. The number of benzene rings is 5. The summed E-state index contributed by atoms with van der Waals surface area (Å²) in [6.45, 7) is 4.93. The number of aromatic nitrogens is 4. The number of rotatable bonds is 3. The molecule has 0 spiro atoms. The topological polar surface area (TPSA) is 44.4 Å². The molecule has 0 saturated carbocycles. The van der Waals surface area contributed by atoms with Crippen molar-refractivity contribution in [3.63, 3.8) is 0 Å². The van der Waals surface area contributed by atoms with E-state index in [4.69, 9.17) is 9.72 Å². The SMILES string of the molecule is C[Si]1(C)c2ccccc2Sc2cc3c(cc21)c1cccnc1n3-c1[c-]c(Oc2[c-]c3c(cc2)c2ccccc2n2ccnc32)ccc1.[Pd+2]. The summed E-state index contributed by atoms with van der Waals surface area (Å²) in [5.74, 6) is 1.22. The first-order valence-corrected chi connectivity index (χ1v) is 19.5. The Balaban J connectivity index is 0.00000314. The van der Waals surface area contributed by atoms with Gasteiger partial charge in [-0.15, -0.1) is 30.3 Å². The van der Waals surface area contributed by atoms with Gasteiger partial charge in [-0.25, -0.2) is 4.98 Å². The predicted molar refractivity (Wildman–Crippen MR) is 194 cm³/mol. The summed E-state index contributed by atoms with van der Waals surface area (Å²) in [4.78, 5) is 12.2. The Morgan fingerprint density at radius 1 is 0.646 bits per heavy atom. The Morgan fingerprint density at radius 3 is 2.40 bits per heavy atom. The van der Waals surface area contributed by atoms with Crippen LogP contribution < -0.4 is 15.1 Å². The van der Waals surface area contributed by atoms with Gasteiger partial charge < -0.3 is 13.7 Å². The molecule has 1 aliphatic heterocycles. The molecule has 9 aromatic rings. The monoisotopic (exact) mass is 744 g/mol. The van der Waals surface area contributed by atoms with Crippen molar-refractivity contribution < 1.29 is 25.2 Å². The second-order valence-corrected chi connectivity index (χ2v) is 18.0. The van der Waals surface area contributed by atoms with Gasteiger partial charge in [0, 0.05) is 56.2 Å². The quantitative estimate of drug-likeness (QED) is 0.103. The molecule has 0 N–H and O–H groups in total. The van der Waals surface area contributed by atoms with Crippen molar-refractivity contribution in [2.24, 2.45) is 0 Å². The molecule has 0 amide bonds. The van der Waals surface area contributed by atoms with Crippen LogP contribution in [0, 0.1) is 12.1 Å². The minimum Gasteiger partial charge on any atom is -0.503 e. The van der Waals surface area contributed by atoms with Gasteiger partial charge in [0.15, 0.2) is 0 Å². The Kier molecular flexibility index (Phi) is 6.69. The van der Waals surface area contributed by atoms with Gasteiger partial charge in [0.05, 0.1) is 11.2 Å². The number of para-hydroxylation sites is 1. The second-order valence-electron chi connectivity index (χ2n) is 12.6. The molecule has 232 valence electrons. The van der Waals surface area contributed by atoms with Crippen LogP contribution in [0.3, 0.4) is 0 Å². The fourth-order valence-electron chi connectivity index (χ4n) is 7.30. The molecule has 5 aromatic carbocycles.